The third-order valence-electron chi connectivity index (χ3n) is 14.7. The molecule has 3 N–H and O–H groups in total. The van der Waals surface area contributed by atoms with Gasteiger partial charge in [-0.15, -0.1) is 0 Å². The van der Waals surface area contributed by atoms with Gasteiger partial charge in [-0.25, -0.2) is 4.79 Å². The number of nitrogens with zero attached hydrogens (tertiary/aromatic N) is 1. The summed E-state index contributed by atoms with van der Waals surface area (Å²) in [5.41, 5.74) is 2.17. The van der Waals surface area contributed by atoms with E-state index in [0.29, 0.717) is 63.4 Å². The lowest BCUT2D eigenvalue weighted by atomic mass is 9.78. The van der Waals surface area contributed by atoms with Crippen molar-refractivity contribution in [1.82, 2.24) is 4.90 Å². The summed E-state index contributed by atoms with van der Waals surface area (Å²) in [6.45, 7) is 17.8. The van der Waals surface area contributed by atoms with Gasteiger partial charge in [-0.2, -0.15) is 0 Å². The molecular formula is C52H81NO12. The number of esters is 1. The number of aliphatic hydroxyl groups excluding tert-OH is 2. The van der Waals surface area contributed by atoms with Crippen LogP contribution in [0.3, 0.4) is 0 Å². The van der Waals surface area contributed by atoms with Gasteiger partial charge in [-0.1, -0.05) is 83.2 Å². The first-order valence-electron chi connectivity index (χ1n) is 24.1. The molecule has 2 bridgehead atoms. The van der Waals surface area contributed by atoms with Crippen LogP contribution < -0.4 is 0 Å². The second-order valence-electron chi connectivity index (χ2n) is 19.8. The Morgan fingerprint density at radius 2 is 1.60 bits per heavy atom. The van der Waals surface area contributed by atoms with Crippen LogP contribution in [0.4, 0.5) is 0 Å². The molecule has 13 nitrogen and oxygen atoms in total. The minimum Gasteiger partial charge on any atom is -0.460 e. The second kappa shape index (κ2) is 25.2. The number of methoxy groups -OCH3 is 3. The number of ketones is 2. The van der Waals surface area contributed by atoms with Crippen molar-refractivity contribution in [2.24, 2.45) is 35.5 Å². The first-order chi connectivity index (χ1) is 30.7. The molecule has 65 heavy (non-hydrogen) atoms. The molecule has 366 valence electrons. The summed E-state index contributed by atoms with van der Waals surface area (Å²) in [5, 5.41) is 34.0. The molecule has 0 spiro atoms. The van der Waals surface area contributed by atoms with Crippen LogP contribution >= 0.6 is 0 Å². The summed E-state index contributed by atoms with van der Waals surface area (Å²) < 4.78 is 29.7. The zero-order valence-electron chi connectivity index (χ0n) is 40.9. The van der Waals surface area contributed by atoms with Crippen LogP contribution in [0.15, 0.2) is 59.8 Å². The van der Waals surface area contributed by atoms with Crippen LogP contribution in [0.5, 0.6) is 0 Å². The van der Waals surface area contributed by atoms with Crippen LogP contribution in [-0.4, -0.2) is 126 Å². The predicted molar refractivity (Wildman–Crippen MR) is 249 cm³/mol. The van der Waals surface area contributed by atoms with Crippen LogP contribution in [0.2, 0.25) is 0 Å². The van der Waals surface area contributed by atoms with Gasteiger partial charge in [0.2, 0.25) is 5.79 Å². The Kier molecular flexibility index (Phi) is 21.0. The minimum atomic E-state index is -2.40. The number of allylic oxidation sites excluding steroid dienone is 6. The summed E-state index contributed by atoms with van der Waals surface area (Å²) in [6, 6.07) is -1.06. The predicted octanol–water partition coefficient (Wildman–Crippen LogP) is 7.17. The first kappa shape index (κ1) is 54.3. The summed E-state index contributed by atoms with van der Waals surface area (Å²) >= 11 is 0. The minimum absolute atomic E-state index is 0.0524. The van der Waals surface area contributed by atoms with Crippen LogP contribution in [-0.2, 0) is 42.9 Å². The van der Waals surface area contributed by atoms with Crippen molar-refractivity contribution in [3.63, 3.8) is 0 Å². The topological polar surface area (TPSA) is 178 Å². The number of hydrogen-bond donors (Lipinski definition) is 3. The van der Waals surface area contributed by atoms with E-state index in [1.807, 2.05) is 71.1 Å². The standard InChI is InChI=1S/C52H81NO12/c1-31-17-13-12-14-18-32(2)43(61-9)30-40-22-20-38(8)52(60,65-40)49(57)50(58)53-24-16-15-19-41(53)51(59)64-44(35(5)27-39-21-23-42(54)45(29-39)62-10)28-34(4)33(3)26-37(7)47(56)48(63-11)46(55)36(6)25-31/h12-14,17-18,26,31,33,35-36,38-45,47-48,54,56,60H,4,15-16,19-25,27-30H2,1-3,5-11H3/b14-12+,17-13+,32-18+,37-26+/t31-,33-,35-,36-,38-,39+,40+,41?,42-,43+,44+,45-,47+,48+,52-/m1/s1. The molecule has 1 amide bonds. The average Bonchev–Trinajstić information content (AvgIpc) is 3.28. The summed E-state index contributed by atoms with van der Waals surface area (Å²) in [6.07, 6.45) is 13.1. The van der Waals surface area contributed by atoms with Gasteiger partial charge in [0.05, 0.1) is 24.4 Å². The Labute approximate surface area is 388 Å². The van der Waals surface area contributed by atoms with E-state index in [9.17, 15) is 34.5 Å². The van der Waals surface area contributed by atoms with Gasteiger partial charge >= 0.3 is 5.97 Å². The normalized spacial score (nSPS) is 40.4. The zero-order chi connectivity index (χ0) is 48.2. The number of ether oxygens (including phenoxy) is 5. The summed E-state index contributed by atoms with van der Waals surface area (Å²) in [7, 11) is 4.62. The highest BCUT2D eigenvalue weighted by Crippen LogP contribution is 2.38. The van der Waals surface area contributed by atoms with Gasteiger partial charge in [0.15, 0.2) is 5.78 Å². The average molecular weight is 912 g/mol. The number of amides is 1. The maximum Gasteiger partial charge on any atom is 0.329 e. The lowest BCUT2D eigenvalue weighted by molar-refractivity contribution is -0.265. The molecule has 1 unspecified atom stereocenters. The van der Waals surface area contributed by atoms with Crippen molar-refractivity contribution in [3.8, 4) is 0 Å². The van der Waals surface area contributed by atoms with Crippen molar-refractivity contribution in [1.29, 1.82) is 0 Å². The van der Waals surface area contributed by atoms with Gasteiger partial charge in [0.25, 0.3) is 11.7 Å². The fourth-order valence-corrected chi connectivity index (χ4v) is 10.2. The number of rotatable bonds is 6. The van der Waals surface area contributed by atoms with Gasteiger partial charge in [0, 0.05) is 52.6 Å². The Morgan fingerprint density at radius 1 is 0.877 bits per heavy atom. The third-order valence-corrected chi connectivity index (χ3v) is 14.7. The molecule has 15 atom stereocenters. The molecule has 2 saturated heterocycles. The maximum atomic E-state index is 14.4. The van der Waals surface area contributed by atoms with Crippen LogP contribution in [0.1, 0.15) is 126 Å². The molecule has 4 rings (SSSR count). The Hall–Kier alpha value is -3.30. The number of piperidine rings is 1. The van der Waals surface area contributed by atoms with Gasteiger partial charge in [-0.3, -0.25) is 14.4 Å². The number of carbonyl (C=O) groups excluding carboxylic acids is 4. The van der Waals surface area contributed by atoms with Crippen molar-refractivity contribution in [2.75, 3.05) is 27.9 Å². The Morgan fingerprint density at radius 3 is 2.28 bits per heavy atom. The molecule has 1 saturated carbocycles. The molecule has 1 aliphatic carbocycles. The highest BCUT2D eigenvalue weighted by atomic mass is 16.6. The molecule has 0 aromatic rings. The van der Waals surface area contributed by atoms with E-state index >= 15 is 0 Å². The van der Waals surface area contributed by atoms with E-state index in [4.69, 9.17) is 23.7 Å². The number of carbonyl (C=O) groups is 4. The number of hydrogen-bond acceptors (Lipinski definition) is 12. The largest absolute Gasteiger partial charge is 0.460 e. The maximum absolute atomic E-state index is 14.4. The van der Waals surface area contributed by atoms with Gasteiger partial charge in [-0.05, 0) is 113 Å². The van der Waals surface area contributed by atoms with Crippen LogP contribution in [0, 0.1) is 35.5 Å². The van der Waals surface area contributed by atoms with Crippen molar-refractivity contribution < 1.29 is 58.2 Å². The lowest BCUT2D eigenvalue weighted by Crippen LogP contribution is -2.61. The monoisotopic (exact) mass is 912 g/mol. The number of aliphatic hydroxyl groups is 3. The van der Waals surface area contributed by atoms with Crippen LogP contribution in [0.25, 0.3) is 0 Å². The molecule has 0 radical (unpaired) electrons. The fourth-order valence-electron chi connectivity index (χ4n) is 10.2. The molecule has 3 heterocycles. The smallest absolute Gasteiger partial charge is 0.329 e. The van der Waals surface area contributed by atoms with Crippen molar-refractivity contribution in [2.45, 2.75) is 180 Å². The van der Waals surface area contributed by atoms with E-state index in [1.165, 1.54) is 12.0 Å². The van der Waals surface area contributed by atoms with Crippen molar-refractivity contribution >= 4 is 23.4 Å². The quantitative estimate of drug-likeness (QED) is 0.139. The molecule has 4 aliphatic rings. The summed E-state index contributed by atoms with van der Waals surface area (Å²) in [4.78, 5) is 57.9. The number of Topliss-reactive ketones (excluding diaryl/α,β-unsaturated/α-hetero) is 2. The number of fused-ring (bicyclic) bond motifs is 3. The Bertz CT molecular complexity index is 1750. The molecule has 0 aromatic carbocycles. The van der Waals surface area contributed by atoms with E-state index < -0.39 is 77.9 Å². The highest BCUT2D eigenvalue weighted by molar-refractivity contribution is 6.39. The fraction of sp³-hybridized carbons (Fsp3) is 0.731. The van der Waals surface area contributed by atoms with E-state index in [-0.39, 0.29) is 54.9 Å². The lowest BCUT2D eigenvalue weighted by Gasteiger charge is -2.42. The van der Waals surface area contributed by atoms with Crippen molar-refractivity contribution in [3.05, 3.63) is 59.8 Å². The molecular weight excluding hydrogens is 831 g/mol. The number of cyclic esters (lactones) is 1. The second-order valence-corrected chi connectivity index (χ2v) is 19.8. The Balaban J connectivity index is 1.70. The first-order valence-corrected chi connectivity index (χ1v) is 24.1. The van der Waals surface area contributed by atoms with Gasteiger partial charge in [0.1, 0.15) is 24.4 Å². The molecule has 3 fully saturated rings. The third kappa shape index (κ3) is 14.4. The summed E-state index contributed by atoms with van der Waals surface area (Å²) in [5.74, 6) is -6.60. The van der Waals surface area contributed by atoms with E-state index in [2.05, 4.69) is 6.58 Å². The zero-order valence-corrected chi connectivity index (χ0v) is 40.9. The highest BCUT2D eigenvalue weighted by Gasteiger charge is 2.53. The van der Waals surface area contributed by atoms with Gasteiger partial charge < -0.3 is 43.9 Å². The molecule has 3 aliphatic heterocycles. The molecule has 0 aromatic heterocycles. The SMILES string of the molecule is C=C1C[C@@H]([C@H](C)C[C@@H]2CC[C@@H](O)[C@H](OC)C2)OC(=O)C2CCCCN2C(=O)C(=O)[C@]2(O)O[C@@H](CC[C@H]2C)C[C@H](OC)/C(C)=C/C=C/C=C/[C@@H](C)C[C@@H](C)C(=O)[C@H](OC)[C@@H](O)/C(C)=C/[C@H]1C. The van der Waals surface area contributed by atoms with E-state index in [0.717, 1.165) is 17.6 Å². The molecule has 13 heteroatoms. The van der Waals surface area contributed by atoms with E-state index in [1.54, 1.807) is 28.1 Å².